The lowest BCUT2D eigenvalue weighted by molar-refractivity contribution is -0.137. The molecule has 0 bridgehead atoms. The first-order chi connectivity index (χ1) is 12.3. The number of halogens is 3. The van der Waals surface area contributed by atoms with Crippen molar-refractivity contribution in [1.29, 1.82) is 0 Å². The second-order valence-corrected chi connectivity index (χ2v) is 5.68. The minimum absolute atomic E-state index is 0.0241. The Bertz CT molecular complexity index is 1040. The standard InChI is InChI=1S/C18H14F3N3O2/c1-24-17(26)14-8-3-2-7-13(14)15(23-24)10-22-16(25)11-5-4-6-12(9-11)18(19,20)21/h2-9H,10H2,1H3,(H,22,25). The van der Waals surface area contributed by atoms with Crippen molar-refractivity contribution in [1.82, 2.24) is 15.1 Å². The van der Waals surface area contributed by atoms with Crippen molar-refractivity contribution in [3.63, 3.8) is 0 Å². The van der Waals surface area contributed by atoms with Gasteiger partial charge in [-0.25, -0.2) is 4.68 Å². The lowest BCUT2D eigenvalue weighted by atomic mass is 10.1. The number of alkyl halides is 3. The molecule has 0 radical (unpaired) electrons. The van der Waals surface area contributed by atoms with Crippen LogP contribution in [0.15, 0.2) is 53.3 Å². The Morgan fingerprint density at radius 3 is 2.50 bits per heavy atom. The quantitative estimate of drug-likeness (QED) is 0.780. The fraction of sp³-hybridized carbons (Fsp3) is 0.167. The Kier molecular flexibility index (Phi) is 4.50. The molecule has 0 atom stereocenters. The average molecular weight is 361 g/mol. The second kappa shape index (κ2) is 6.62. The number of hydrogen-bond acceptors (Lipinski definition) is 3. The molecule has 0 saturated carbocycles. The van der Waals surface area contributed by atoms with Gasteiger partial charge in [-0.3, -0.25) is 9.59 Å². The van der Waals surface area contributed by atoms with Gasteiger partial charge in [0.25, 0.3) is 11.5 Å². The summed E-state index contributed by atoms with van der Waals surface area (Å²) in [4.78, 5) is 24.3. The van der Waals surface area contributed by atoms with Crippen LogP contribution in [-0.4, -0.2) is 15.7 Å². The van der Waals surface area contributed by atoms with Gasteiger partial charge in [-0.15, -0.1) is 0 Å². The van der Waals surface area contributed by atoms with E-state index in [-0.39, 0.29) is 17.7 Å². The van der Waals surface area contributed by atoms with Crippen molar-refractivity contribution in [2.24, 2.45) is 7.05 Å². The van der Waals surface area contributed by atoms with Crippen LogP contribution in [0.2, 0.25) is 0 Å². The highest BCUT2D eigenvalue weighted by Gasteiger charge is 2.30. The van der Waals surface area contributed by atoms with Gasteiger partial charge >= 0.3 is 6.18 Å². The van der Waals surface area contributed by atoms with Crippen LogP contribution in [0.3, 0.4) is 0 Å². The molecule has 0 fully saturated rings. The first kappa shape index (κ1) is 17.7. The van der Waals surface area contributed by atoms with E-state index in [0.29, 0.717) is 16.5 Å². The molecule has 1 N–H and O–H groups in total. The fourth-order valence-electron chi connectivity index (χ4n) is 2.61. The van der Waals surface area contributed by atoms with Crippen molar-refractivity contribution >= 4 is 16.7 Å². The summed E-state index contributed by atoms with van der Waals surface area (Å²) in [5.74, 6) is -0.657. The van der Waals surface area contributed by atoms with E-state index in [1.54, 1.807) is 24.3 Å². The molecule has 3 aromatic rings. The number of amides is 1. The summed E-state index contributed by atoms with van der Waals surface area (Å²) in [5, 5.41) is 7.72. The number of aromatic nitrogens is 2. The van der Waals surface area contributed by atoms with Gasteiger partial charge in [0.1, 0.15) is 0 Å². The van der Waals surface area contributed by atoms with Gasteiger partial charge in [0.15, 0.2) is 0 Å². The predicted molar refractivity (Wildman–Crippen MR) is 89.6 cm³/mol. The van der Waals surface area contributed by atoms with Crippen LogP contribution in [0.1, 0.15) is 21.6 Å². The minimum atomic E-state index is -4.52. The third-order valence-corrected chi connectivity index (χ3v) is 3.90. The van der Waals surface area contributed by atoms with Crippen LogP contribution < -0.4 is 10.9 Å². The number of carbonyl (C=O) groups excluding carboxylic acids is 1. The van der Waals surface area contributed by atoms with Crippen molar-refractivity contribution in [3.05, 3.63) is 75.7 Å². The molecule has 0 aliphatic carbocycles. The zero-order valence-corrected chi connectivity index (χ0v) is 13.7. The van der Waals surface area contributed by atoms with Gasteiger partial charge < -0.3 is 5.32 Å². The lowest BCUT2D eigenvalue weighted by Gasteiger charge is -2.11. The zero-order valence-electron chi connectivity index (χ0n) is 13.7. The topological polar surface area (TPSA) is 64.0 Å². The maximum Gasteiger partial charge on any atom is 0.416 e. The van der Waals surface area contributed by atoms with E-state index in [1.807, 2.05) is 0 Å². The molecule has 0 aliphatic heterocycles. The molecule has 0 saturated heterocycles. The molecule has 1 aromatic heterocycles. The maximum atomic E-state index is 12.8. The molecule has 0 spiro atoms. The van der Waals surface area contributed by atoms with Crippen LogP contribution in [0.4, 0.5) is 13.2 Å². The number of carbonyl (C=O) groups is 1. The normalized spacial score (nSPS) is 11.5. The average Bonchev–Trinajstić information content (AvgIpc) is 2.62. The van der Waals surface area contributed by atoms with E-state index < -0.39 is 17.6 Å². The Hall–Kier alpha value is -3.16. The third-order valence-electron chi connectivity index (χ3n) is 3.90. The fourth-order valence-corrected chi connectivity index (χ4v) is 2.61. The summed E-state index contributed by atoms with van der Waals surface area (Å²) in [6.07, 6.45) is -4.52. The molecular weight excluding hydrogens is 347 g/mol. The Labute approximate surface area is 146 Å². The molecule has 5 nitrogen and oxygen atoms in total. The monoisotopic (exact) mass is 361 g/mol. The lowest BCUT2D eigenvalue weighted by Crippen LogP contribution is -2.27. The first-order valence-corrected chi connectivity index (χ1v) is 7.68. The molecule has 1 amide bonds. The number of nitrogens with one attached hydrogen (secondary N) is 1. The number of rotatable bonds is 3. The summed E-state index contributed by atoms with van der Waals surface area (Å²) >= 11 is 0. The van der Waals surface area contributed by atoms with E-state index in [2.05, 4.69) is 10.4 Å². The van der Waals surface area contributed by atoms with Crippen molar-refractivity contribution in [2.45, 2.75) is 12.7 Å². The molecule has 0 unspecified atom stereocenters. The molecule has 8 heteroatoms. The van der Waals surface area contributed by atoms with Gasteiger partial charge in [-0.1, -0.05) is 24.3 Å². The van der Waals surface area contributed by atoms with Crippen molar-refractivity contribution in [2.75, 3.05) is 0 Å². The van der Waals surface area contributed by atoms with Gasteiger partial charge in [0.05, 0.1) is 23.2 Å². The van der Waals surface area contributed by atoms with Gasteiger partial charge in [0, 0.05) is 18.0 Å². The summed E-state index contributed by atoms with van der Waals surface area (Å²) in [7, 11) is 1.49. The largest absolute Gasteiger partial charge is 0.416 e. The Morgan fingerprint density at radius 2 is 1.81 bits per heavy atom. The van der Waals surface area contributed by atoms with E-state index in [1.165, 1.54) is 19.2 Å². The van der Waals surface area contributed by atoms with Crippen molar-refractivity contribution in [3.8, 4) is 0 Å². The van der Waals surface area contributed by atoms with Crippen LogP contribution in [0.5, 0.6) is 0 Å². The van der Waals surface area contributed by atoms with Gasteiger partial charge in [-0.2, -0.15) is 18.3 Å². The van der Waals surface area contributed by atoms with Crippen LogP contribution >= 0.6 is 0 Å². The van der Waals surface area contributed by atoms with E-state index in [9.17, 15) is 22.8 Å². The predicted octanol–water partition coefficient (Wildman–Crippen LogP) is 2.88. The molecule has 134 valence electrons. The molecule has 26 heavy (non-hydrogen) atoms. The summed E-state index contributed by atoms with van der Waals surface area (Å²) < 4.78 is 39.5. The van der Waals surface area contributed by atoms with Crippen LogP contribution in [0, 0.1) is 0 Å². The molecule has 3 rings (SSSR count). The van der Waals surface area contributed by atoms with E-state index in [0.717, 1.165) is 16.8 Å². The first-order valence-electron chi connectivity index (χ1n) is 7.68. The smallest absolute Gasteiger partial charge is 0.346 e. The maximum absolute atomic E-state index is 12.8. The number of aryl methyl sites for hydroxylation is 1. The van der Waals surface area contributed by atoms with Crippen LogP contribution in [-0.2, 0) is 19.8 Å². The molecular formula is C18H14F3N3O2. The SMILES string of the molecule is Cn1nc(CNC(=O)c2cccc(C(F)(F)F)c2)c2ccccc2c1=O. The Balaban J connectivity index is 1.86. The highest BCUT2D eigenvalue weighted by Crippen LogP contribution is 2.29. The number of benzene rings is 2. The highest BCUT2D eigenvalue weighted by molar-refractivity contribution is 5.94. The number of fused-ring (bicyclic) bond motifs is 1. The summed E-state index contributed by atoms with van der Waals surface area (Å²) in [6, 6.07) is 11.0. The van der Waals surface area contributed by atoms with Crippen molar-refractivity contribution < 1.29 is 18.0 Å². The Morgan fingerprint density at radius 1 is 1.12 bits per heavy atom. The number of nitrogens with zero attached hydrogens (tertiary/aromatic N) is 2. The minimum Gasteiger partial charge on any atom is -0.346 e. The highest BCUT2D eigenvalue weighted by atomic mass is 19.4. The second-order valence-electron chi connectivity index (χ2n) is 5.68. The van der Waals surface area contributed by atoms with Gasteiger partial charge in [-0.05, 0) is 24.3 Å². The van der Waals surface area contributed by atoms with E-state index >= 15 is 0 Å². The summed E-state index contributed by atoms with van der Waals surface area (Å²) in [6.45, 7) is -0.0241. The zero-order chi connectivity index (χ0) is 18.9. The molecule has 2 aromatic carbocycles. The van der Waals surface area contributed by atoms with Gasteiger partial charge in [0.2, 0.25) is 0 Å². The summed E-state index contributed by atoms with van der Waals surface area (Å²) in [5.41, 5.74) is -0.818. The number of hydrogen-bond donors (Lipinski definition) is 1. The van der Waals surface area contributed by atoms with E-state index in [4.69, 9.17) is 0 Å². The third kappa shape index (κ3) is 3.44. The molecule has 0 aliphatic rings. The molecule has 1 heterocycles. The van der Waals surface area contributed by atoms with Crippen LogP contribution in [0.25, 0.3) is 10.8 Å².